The zero-order valence-electron chi connectivity index (χ0n) is 19.4. The van der Waals surface area contributed by atoms with E-state index in [2.05, 4.69) is 32.6 Å². The zero-order valence-corrected chi connectivity index (χ0v) is 21.0. The van der Waals surface area contributed by atoms with Crippen molar-refractivity contribution < 1.29 is 14.2 Å². The number of ether oxygens (including phenoxy) is 3. The lowest BCUT2D eigenvalue weighted by molar-refractivity contribution is -0.0396. The van der Waals surface area contributed by atoms with E-state index in [-0.39, 0.29) is 11.7 Å². The minimum atomic E-state index is -0.233. The quantitative estimate of drug-likeness (QED) is 0.385. The summed E-state index contributed by atoms with van der Waals surface area (Å²) < 4.78 is 19.1. The van der Waals surface area contributed by atoms with E-state index in [0.717, 1.165) is 70.6 Å². The van der Waals surface area contributed by atoms with Crippen LogP contribution in [0.4, 0.5) is 5.82 Å². The molecule has 7 nitrogen and oxygen atoms in total. The Balaban J connectivity index is 1.78. The second-order valence-corrected chi connectivity index (χ2v) is 10.8. The van der Waals surface area contributed by atoms with Gasteiger partial charge in [-0.15, -0.1) is 11.3 Å². The van der Waals surface area contributed by atoms with Crippen LogP contribution < -0.4 is 9.64 Å². The van der Waals surface area contributed by atoms with Crippen molar-refractivity contribution in [2.45, 2.75) is 64.0 Å². The van der Waals surface area contributed by atoms with Crippen LogP contribution in [0, 0.1) is 0 Å². The molecule has 5 heterocycles. The molecule has 0 aromatic carbocycles. The van der Waals surface area contributed by atoms with E-state index in [1.807, 2.05) is 6.26 Å². The summed E-state index contributed by atoms with van der Waals surface area (Å²) in [5.74, 6) is 1.70. The van der Waals surface area contributed by atoms with Gasteiger partial charge in [-0.05, 0) is 39.0 Å². The molecule has 0 radical (unpaired) electrons. The molecule has 9 heteroatoms. The highest BCUT2D eigenvalue weighted by Crippen LogP contribution is 2.45. The van der Waals surface area contributed by atoms with E-state index >= 15 is 0 Å². The van der Waals surface area contributed by atoms with E-state index in [0.29, 0.717) is 12.5 Å². The fraction of sp³-hybridized carbons (Fsp3) is 0.609. The topological polar surface area (TPSA) is 69.6 Å². The largest absolute Gasteiger partial charge is 0.474 e. The third-order valence-electron chi connectivity index (χ3n) is 6.20. The molecule has 3 aromatic rings. The standard InChI is InChI=1S/C23H30N4O3S2/c1-6-13(2)30-20-18-17(24-22(26-20)31-5)16-14-11-23(3,4)29-12-15(14)19(25-21(16)32-18)27-7-9-28-10-8-27/h13H,6-12H2,1-5H3. The summed E-state index contributed by atoms with van der Waals surface area (Å²) in [6, 6.07) is 0. The number of thiophene rings is 1. The highest BCUT2D eigenvalue weighted by Gasteiger charge is 2.33. The van der Waals surface area contributed by atoms with Crippen LogP contribution in [-0.2, 0) is 22.5 Å². The van der Waals surface area contributed by atoms with Crippen molar-refractivity contribution in [2.75, 3.05) is 37.5 Å². The number of aromatic nitrogens is 3. The number of anilines is 1. The first-order valence-corrected chi connectivity index (χ1v) is 13.3. The molecule has 2 aliphatic rings. The van der Waals surface area contributed by atoms with Crippen molar-refractivity contribution in [3.05, 3.63) is 11.1 Å². The Hall–Kier alpha value is -1.68. The Morgan fingerprint density at radius 2 is 1.97 bits per heavy atom. The van der Waals surface area contributed by atoms with Crippen LogP contribution in [-0.4, -0.2) is 59.2 Å². The number of morpholine rings is 1. The smallest absolute Gasteiger partial charge is 0.236 e. The van der Waals surface area contributed by atoms with Gasteiger partial charge in [-0.1, -0.05) is 18.7 Å². The van der Waals surface area contributed by atoms with Gasteiger partial charge < -0.3 is 19.1 Å². The van der Waals surface area contributed by atoms with Crippen molar-refractivity contribution >= 4 is 49.3 Å². The number of hydrogen-bond acceptors (Lipinski definition) is 9. The van der Waals surface area contributed by atoms with Gasteiger partial charge in [-0.3, -0.25) is 0 Å². The van der Waals surface area contributed by atoms with Gasteiger partial charge in [0.15, 0.2) is 5.16 Å². The lowest BCUT2D eigenvalue weighted by Crippen LogP contribution is -2.39. The number of hydrogen-bond donors (Lipinski definition) is 0. The summed E-state index contributed by atoms with van der Waals surface area (Å²) in [6.07, 6.45) is 3.84. The molecule has 0 saturated carbocycles. The molecule has 3 aromatic heterocycles. The summed E-state index contributed by atoms with van der Waals surface area (Å²) in [5, 5.41) is 1.87. The van der Waals surface area contributed by atoms with Crippen LogP contribution in [0.15, 0.2) is 5.16 Å². The highest BCUT2D eigenvalue weighted by molar-refractivity contribution is 7.98. The van der Waals surface area contributed by atoms with Crippen LogP contribution >= 0.6 is 23.1 Å². The average Bonchev–Trinajstić information content (AvgIpc) is 3.17. The normalized spacial score (nSPS) is 19.3. The van der Waals surface area contributed by atoms with Crippen molar-refractivity contribution in [1.82, 2.24) is 15.0 Å². The number of nitrogens with zero attached hydrogens (tertiary/aromatic N) is 4. The molecule has 0 aliphatic carbocycles. The summed E-state index contributed by atoms with van der Waals surface area (Å²) in [5.41, 5.74) is 3.22. The first-order valence-electron chi connectivity index (χ1n) is 11.2. The van der Waals surface area contributed by atoms with Crippen LogP contribution in [0.2, 0.25) is 0 Å². The number of thioether (sulfide) groups is 1. The Morgan fingerprint density at radius 1 is 1.19 bits per heavy atom. The third kappa shape index (κ3) is 3.93. The number of rotatable bonds is 5. The molecule has 1 unspecified atom stereocenters. The average molecular weight is 475 g/mol. The maximum Gasteiger partial charge on any atom is 0.236 e. The highest BCUT2D eigenvalue weighted by atomic mass is 32.2. The SMILES string of the molecule is CCC(C)Oc1nc(SC)nc2c1sc1nc(N3CCOCC3)c3c(c12)CC(C)(C)OC3. The van der Waals surface area contributed by atoms with Crippen molar-refractivity contribution in [1.29, 1.82) is 0 Å². The lowest BCUT2D eigenvalue weighted by atomic mass is 9.90. The fourth-order valence-corrected chi connectivity index (χ4v) is 5.72. The van der Waals surface area contributed by atoms with Gasteiger partial charge in [-0.2, -0.15) is 4.98 Å². The second-order valence-electron chi connectivity index (χ2n) is 9.03. The maximum atomic E-state index is 6.25. The predicted molar refractivity (Wildman–Crippen MR) is 130 cm³/mol. The van der Waals surface area contributed by atoms with E-state index < -0.39 is 0 Å². The molecule has 5 rings (SSSR count). The molecular weight excluding hydrogens is 444 g/mol. The van der Waals surface area contributed by atoms with Crippen LogP contribution in [0.5, 0.6) is 5.88 Å². The Kier molecular flexibility index (Phi) is 5.94. The molecule has 1 atom stereocenters. The molecule has 0 bridgehead atoms. The predicted octanol–water partition coefficient (Wildman–Crippen LogP) is 4.83. The Morgan fingerprint density at radius 3 is 2.69 bits per heavy atom. The monoisotopic (exact) mass is 474 g/mol. The summed E-state index contributed by atoms with van der Waals surface area (Å²) in [4.78, 5) is 18.2. The molecule has 1 fully saturated rings. The zero-order chi connectivity index (χ0) is 22.5. The second kappa shape index (κ2) is 8.59. The molecule has 2 aliphatic heterocycles. The number of fused-ring (bicyclic) bond motifs is 5. The summed E-state index contributed by atoms with van der Waals surface area (Å²) in [7, 11) is 0. The van der Waals surface area contributed by atoms with Gasteiger partial charge in [-0.25, -0.2) is 9.97 Å². The van der Waals surface area contributed by atoms with Gasteiger partial charge >= 0.3 is 0 Å². The van der Waals surface area contributed by atoms with Crippen LogP contribution in [0.3, 0.4) is 0 Å². The first kappa shape index (κ1) is 22.1. The fourth-order valence-electron chi connectivity index (χ4n) is 4.29. The Labute approximate surface area is 196 Å². The lowest BCUT2D eigenvalue weighted by Gasteiger charge is -2.36. The van der Waals surface area contributed by atoms with Gasteiger partial charge in [0.2, 0.25) is 5.88 Å². The molecule has 0 amide bonds. The first-order chi connectivity index (χ1) is 15.4. The molecule has 0 spiro atoms. The Bertz CT molecular complexity index is 1160. The van der Waals surface area contributed by atoms with Gasteiger partial charge in [0, 0.05) is 30.5 Å². The maximum absolute atomic E-state index is 6.25. The minimum Gasteiger partial charge on any atom is -0.474 e. The van der Waals surface area contributed by atoms with E-state index in [9.17, 15) is 0 Å². The minimum absolute atomic E-state index is 0.0890. The van der Waals surface area contributed by atoms with Crippen molar-refractivity contribution in [3.8, 4) is 5.88 Å². The van der Waals surface area contributed by atoms with Crippen molar-refractivity contribution in [2.24, 2.45) is 0 Å². The van der Waals surface area contributed by atoms with Crippen molar-refractivity contribution in [3.63, 3.8) is 0 Å². The summed E-state index contributed by atoms with van der Waals surface area (Å²) in [6.45, 7) is 12.2. The van der Waals surface area contributed by atoms with Crippen LogP contribution in [0.25, 0.3) is 20.4 Å². The van der Waals surface area contributed by atoms with E-state index in [4.69, 9.17) is 29.2 Å². The third-order valence-corrected chi connectivity index (χ3v) is 7.81. The molecule has 172 valence electrons. The molecule has 0 N–H and O–H groups in total. The van der Waals surface area contributed by atoms with Gasteiger partial charge in [0.25, 0.3) is 0 Å². The number of pyridine rings is 1. The van der Waals surface area contributed by atoms with E-state index in [1.165, 1.54) is 11.1 Å². The molecule has 1 saturated heterocycles. The van der Waals surface area contributed by atoms with E-state index in [1.54, 1.807) is 23.1 Å². The molecular formula is C23H30N4O3S2. The molecule has 32 heavy (non-hydrogen) atoms. The van der Waals surface area contributed by atoms with Gasteiger partial charge in [0.05, 0.1) is 37.0 Å². The van der Waals surface area contributed by atoms with Crippen LogP contribution in [0.1, 0.15) is 45.2 Å². The van der Waals surface area contributed by atoms with Gasteiger partial charge in [0.1, 0.15) is 15.3 Å². The summed E-state index contributed by atoms with van der Waals surface area (Å²) >= 11 is 3.18.